The number of methoxy groups -OCH3 is 1. The van der Waals surface area contributed by atoms with Crippen LogP contribution >= 0.6 is 27.7 Å². The Morgan fingerprint density at radius 1 is 1.34 bits per heavy atom. The summed E-state index contributed by atoms with van der Waals surface area (Å²) >= 11 is 4.77. The number of amides is 1. The van der Waals surface area contributed by atoms with Crippen LogP contribution in [0.15, 0.2) is 44.7 Å². The predicted molar refractivity (Wildman–Crippen MR) is 122 cm³/mol. The fourth-order valence-electron chi connectivity index (χ4n) is 2.68. The molecule has 5 nitrogen and oxygen atoms in total. The molecule has 1 amide bonds. The minimum Gasteiger partial charge on any atom is -0.493 e. The van der Waals surface area contributed by atoms with Crippen molar-refractivity contribution in [3.05, 3.63) is 56.4 Å². The van der Waals surface area contributed by atoms with Crippen molar-refractivity contribution in [2.45, 2.75) is 13.8 Å². The van der Waals surface area contributed by atoms with Gasteiger partial charge in [-0.1, -0.05) is 18.1 Å². The first-order valence-electron chi connectivity index (χ1n) is 8.72. The number of aliphatic imine (C=N–C) groups is 1. The second-order valence-electron chi connectivity index (χ2n) is 6.23. The van der Waals surface area contributed by atoms with E-state index in [2.05, 4.69) is 32.2 Å². The number of ether oxygens (including phenoxy) is 2. The number of carbonyl (C=O) groups excluding carboxylic acids is 1. The van der Waals surface area contributed by atoms with Crippen molar-refractivity contribution in [3.63, 3.8) is 0 Å². The third-order valence-electron chi connectivity index (χ3n) is 4.30. The number of terminal acetylenes is 1. The van der Waals surface area contributed by atoms with Crippen LogP contribution in [0.1, 0.15) is 16.7 Å². The van der Waals surface area contributed by atoms with Crippen LogP contribution in [0.3, 0.4) is 0 Å². The van der Waals surface area contributed by atoms with Crippen molar-refractivity contribution >= 4 is 50.5 Å². The lowest BCUT2D eigenvalue weighted by atomic mass is 10.1. The highest BCUT2D eigenvalue weighted by molar-refractivity contribution is 9.10. The van der Waals surface area contributed by atoms with Crippen molar-refractivity contribution in [3.8, 4) is 23.8 Å². The van der Waals surface area contributed by atoms with Gasteiger partial charge in [0.2, 0.25) is 0 Å². The lowest BCUT2D eigenvalue weighted by molar-refractivity contribution is -0.115. The first kappa shape index (κ1) is 21.0. The van der Waals surface area contributed by atoms with Crippen LogP contribution in [0.4, 0.5) is 5.69 Å². The van der Waals surface area contributed by atoms with Crippen molar-refractivity contribution < 1.29 is 14.3 Å². The number of hydrogen-bond donors (Lipinski definition) is 1. The topological polar surface area (TPSA) is 59.9 Å². The fourth-order valence-corrected chi connectivity index (χ4v) is 4.08. The Balaban J connectivity index is 1.89. The quantitative estimate of drug-likeness (QED) is 0.494. The van der Waals surface area contributed by atoms with E-state index in [0.717, 1.165) is 22.4 Å². The first-order chi connectivity index (χ1) is 13.9. The molecule has 0 unspecified atom stereocenters. The van der Waals surface area contributed by atoms with Gasteiger partial charge >= 0.3 is 0 Å². The Morgan fingerprint density at radius 2 is 2.14 bits per heavy atom. The Morgan fingerprint density at radius 3 is 2.86 bits per heavy atom. The zero-order chi connectivity index (χ0) is 21.0. The van der Waals surface area contributed by atoms with Gasteiger partial charge in [-0.25, -0.2) is 4.99 Å². The van der Waals surface area contributed by atoms with E-state index in [1.807, 2.05) is 38.1 Å². The monoisotopic (exact) mass is 470 g/mol. The molecule has 0 bridgehead atoms. The van der Waals surface area contributed by atoms with Crippen molar-refractivity contribution in [2.75, 3.05) is 13.7 Å². The molecule has 29 heavy (non-hydrogen) atoms. The summed E-state index contributed by atoms with van der Waals surface area (Å²) in [5, 5.41) is 3.37. The summed E-state index contributed by atoms with van der Waals surface area (Å²) in [4.78, 5) is 17.5. The summed E-state index contributed by atoms with van der Waals surface area (Å²) in [6.45, 7) is 4.18. The van der Waals surface area contributed by atoms with Gasteiger partial charge in [-0.3, -0.25) is 4.79 Å². The van der Waals surface area contributed by atoms with Crippen LogP contribution in [-0.4, -0.2) is 24.8 Å². The van der Waals surface area contributed by atoms with E-state index in [-0.39, 0.29) is 12.5 Å². The number of thioether (sulfide) groups is 1. The van der Waals surface area contributed by atoms with Gasteiger partial charge in [0, 0.05) is 0 Å². The highest BCUT2D eigenvalue weighted by atomic mass is 79.9. The predicted octanol–water partition coefficient (Wildman–Crippen LogP) is 4.98. The molecular weight excluding hydrogens is 452 g/mol. The summed E-state index contributed by atoms with van der Waals surface area (Å²) in [5.41, 5.74) is 3.87. The maximum atomic E-state index is 12.4. The number of halogens is 1. The number of hydrogen-bond acceptors (Lipinski definition) is 5. The molecule has 2 aromatic rings. The average molecular weight is 471 g/mol. The molecule has 0 saturated carbocycles. The van der Waals surface area contributed by atoms with Crippen LogP contribution in [-0.2, 0) is 4.79 Å². The number of aryl methyl sites for hydroxylation is 1. The number of amidine groups is 1. The Bertz CT molecular complexity index is 1070. The molecule has 1 aliphatic heterocycles. The van der Waals surface area contributed by atoms with Crippen LogP contribution in [0.25, 0.3) is 6.08 Å². The van der Waals surface area contributed by atoms with E-state index in [0.29, 0.717) is 26.0 Å². The van der Waals surface area contributed by atoms with Crippen molar-refractivity contribution in [1.82, 2.24) is 5.32 Å². The van der Waals surface area contributed by atoms with E-state index >= 15 is 0 Å². The molecule has 0 spiro atoms. The summed E-state index contributed by atoms with van der Waals surface area (Å²) in [6.07, 6.45) is 7.04. The summed E-state index contributed by atoms with van der Waals surface area (Å²) in [6, 6.07) is 9.55. The molecule has 3 rings (SSSR count). The van der Waals surface area contributed by atoms with Gasteiger partial charge in [0.25, 0.3) is 5.91 Å². The van der Waals surface area contributed by atoms with E-state index in [1.165, 1.54) is 11.8 Å². The van der Waals surface area contributed by atoms with Gasteiger partial charge in [-0.15, -0.1) is 6.42 Å². The smallest absolute Gasteiger partial charge is 0.264 e. The normalized spacial score (nSPS) is 16.0. The molecule has 7 heteroatoms. The van der Waals surface area contributed by atoms with E-state index in [4.69, 9.17) is 15.9 Å². The zero-order valence-electron chi connectivity index (χ0n) is 16.2. The molecule has 1 fully saturated rings. The number of nitrogens with zero attached hydrogens (tertiary/aromatic N) is 1. The largest absolute Gasteiger partial charge is 0.493 e. The highest BCUT2D eigenvalue weighted by Crippen LogP contribution is 2.38. The number of carbonyl (C=O) groups is 1. The van der Waals surface area contributed by atoms with E-state index < -0.39 is 0 Å². The molecule has 0 aromatic heterocycles. The molecule has 1 N–H and O–H groups in total. The zero-order valence-corrected chi connectivity index (χ0v) is 18.6. The Labute approximate surface area is 182 Å². The molecule has 0 aliphatic carbocycles. The molecule has 2 aromatic carbocycles. The molecular formula is C22H19BrN2O3S. The molecule has 1 heterocycles. The molecule has 0 radical (unpaired) electrons. The first-order valence-corrected chi connectivity index (χ1v) is 10.3. The molecule has 1 saturated heterocycles. The number of rotatable bonds is 5. The molecule has 1 aliphatic rings. The second-order valence-corrected chi connectivity index (χ2v) is 8.11. The van der Waals surface area contributed by atoms with Gasteiger partial charge in [0.1, 0.15) is 6.61 Å². The Kier molecular flexibility index (Phi) is 6.68. The summed E-state index contributed by atoms with van der Waals surface area (Å²) < 4.78 is 11.6. The standard InChI is InChI=1S/C22H19BrN2O3S/c1-5-9-28-20-16(23)10-15(11-18(20)27-4)12-19-21(26)25-22(29-19)24-17-8-6-7-13(2)14(17)3/h1,6-8,10-12H,9H2,2-4H3,(H,24,25,26)/b19-12+. The second kappa shape index (κ2) is 9.21. The minimum atomic E-state index is -0.193. The summed E-state index contributed by atoms with van der Waals surface area (Å²) in [7, 11) is 1.55. The van der Waals surface area contributed by atoms with E-state index in [1.54, 1.807) is 19.3 Å². The third kappa shape index (κ3) is 4.84. The van der Waals surface area contributed by atoms with Crippen LogP contribution in [0, 0.1) is 26.2 Å². The minimum absolute atomic E-state index is 0.131. The fraction of sp³-hybridized carbons (Fsp3) is 0.182. The summed E-state index contributed by atoms with van der Waals surface area (Å²) in [5.74, 6) is 3.28. The van der Waals surface area contributed by atoms with Gasteiger partial charge in [-0.05, 0) is 82.5 Å². The van der Waals surface area contributed by atoms with Crippen molar-refractivity contribution in [1.29, 1.82) is 0 Å². The van der Waals surface area contributed by atoms with Crippen LogP contribution in [0.2, 0.25) is 0 Å². The van der Waals surface area contributed by atoms with Gasteiger partial charge in [0.05, 0.1) is 22.2 Å². The van der Waals surface area contributed by atoms with Crippen LogP contribution < -0.4 is 14.8 Å². The SMILES string of the molecule is C#CCOc1c(Br)cc(/C=C2/SC(=Nc3cccc(C)c3C)NC2=O)cc1OC. The maximum absolute atomic E-state index is 12.4. The highest BCUT2D eigenvalue weighted by Gasteiger charge is 2.24. The third-order valence-corrected chi connectivity index (χ3v) is 5.80. The Hall–Kier alpha value is -2.69. The van der Waals surface area contributed by atoms with Gasteiger partial charge in [0.15, 0.2) is 16.7 Å². The van der Waals surface area contributed by atoms with Gasteiger partial charge < -0.3 is 14.8 Å². The lowest BCUT2D eigenvalue weighted by Crippen LogP contribution is -2.19. The average Bonchev–Trinajstić information content (AvgIpc) is 3.03. The van der Waals surface area contributed by atoms with Crippen molar-refractivity contribution in [2.24, 2.45) is 4.99 Å². The number of nitrogens with one attached hydrogen (secondary N) is 1. The number of benzene rings is 2. The van der Waals surface area contributed by atoms with E-state index in [9.17, 15) is 4.79 Å². The van der Waals surface area contributed by atoms with Gasteiger partial charge in [-0.2, -0.15) is 0 Å². The molecule has 148 valence electrons. The van der Waals surface area contributed by atoms with Crippen LogP contribution in [0.5, 0.6) is 11.5 Å². The molecule has 0 atom stereocenters. The maximum Gasteiger partial charge on any atom is 0.264 e. The lowest BCUT2D eigenvalue weighted by Gasteiger charge is -2.12.